The van der Waals surface area contributed by atoms with Crippen molar-refractivity contribution in [2.45, 2.75) is 26.0 Å². The van der Waals surface area contributed by atoms with Crippen molar-refractivity contribution in [1.29, 1.82) is 0 Å². The summed E-state index contributed by atoms with van der Waals surface area (Å²) in [6, 6.07) is 3.90. The van der Waals surface area contributed by atoms with Crippen LogP contribution in [-0.2, 0) is 11.3 Å². The van der Waals surface area contributed by atoms with E-state index in [1.54, 1.807) is 0 Å². The van der Waals surface area contributed by atoms with Gasteiger partial charge in [0.1, 0.15) is 11.5 Å². The fourth-order valence-electron chi connectivity index (χ4n) is 2.33. The first-order valence-corrected chi connectivity index (χ1v) is 6.84. The molecule has 0 aliphatic carbocycles. The van der Waals surface area contributed by atoms with Gasteiger partial charge < -0.3 is 19.6 Å². The molecule has 0 bridgehead atoms. The van der Waals surface area contributed by atoms with Gasteiger partial charge in [-0.05, 0) is 26.0 Å². The van der Waals surface area contributed by atoms with Gasteiger partial charge in [0.15, 0.2) is 0 Å². The molecule has 0 spiro atoms. The van der Waals surface area contributed by atoms with E-state index in [0.717, 1.165) is 37.8 Å². The van der Waals surface area contributed by atoms with Crippen LogP contribution >= 0.6 is 0 Å². The van der Waals surface area contributed by atoms with Crippen molar-refractivity contribution in [3.8, 4) is 0 Å². The van der Waals surface area contributed by atoms with Crippen LogP contribution in [0.2, 0.25) is 0 Å². The number of rotatable bonds is 6. The molecule has 2 N–H and O–H groups in total. The monoisotopic (exact) mass is 268 g/mol. The average molecular weight is 268 g/mol. The van der Waals surface area contributed by atoms with E-state index in [4.69, 9.17) is 9.15 Å². The van der Waals surface area contributed by atoms with Gasteiger partial charge in [0.2, 0.25) is 0 Å². The molecule has 5 nitrogen and oxygen atoms in total. The molecule has 1 atom stereocenters. The number of hydrogen-bond donors (Lipinski definition) is 2. The number of β-amino-alcohol motifs (C(OH)–C–C–N with tert-alkyl or cyclic N) is 1. The van der Waals surface area contributed by atoms with E-state index in [9.17, 15) is 5.11 Å². The third kappa shape index (κ3) is 4.95. The maximum Gasteiger partial charge on any atom is 0.117 e. The Morgan fingerprint density at radius 1 is 1.37 bits per heavy atom. The summed E-state index contributed by atoms with van der Waals surface area (Å²) in [5, 5.41) is 13.6. The molecule has 2 rings (SSSR count). The fraction of sp³-hybridized carbons (Fsp3) is 0.714. The SMILES string of the molecule is Cc1ccc(CNCC(C)(O)CN2CCOCC2)o1. The zero-order chi connectivity index (χ0) is 13.7. The van der Waals surface area contributed by atoms with Gasteiger partial charge in [-0.2, -0.15) is 0 Å². The molecular formula is C14H24N2O3. The van der Waals surface area contributed by atoms with Crippen LogP contribution in [-0.4, -0.2) is 55.0 Å². The number of aliphatic hydroxyl groups is 1. The maximum absolute atomic E-state index is 10.4. The largest absolute Gasteiger partial charge is 0.465 e. The van der Waals surface area contributed by atoms with E-state index in [-0.39, 0.29) is 0 Å². The Morgan fingerprint density at radius 2 is 2.11 bits per heavy atom. The number of hydrogen-bond acceptors (Lipinski definition) is 5. The van der Waals surface area contributed by atoms with Crippen molar-refractivity contribution in [2.24, 2.45) is 0 Å². The predicted molar refractivity (Wildman–Crippen MR) is 73.0 cm³/mol. The molecule has 1 aliphatic rings. The van der Waals surface area contributed by atoms with Crippen LogP contribution in [0.5, 0.6) is 0 Å². The quantitative estimate of drug-likeness (QED) is 0.798. The molecular weight excluding hydrogens is 244 g/mol. The van der Waals surface area contributed by atoms with E-state index in [0.29, 0.717) is 19.6 Å². The van der Waals surface area contributed by atoms with E-state index >= 15 is 0 Å². The number of nitrogens with one attached hydrogen (secondary N) is 1. The Balaban J connectivity index is 1.70. The highest BCUT2D eigenvalue weighted by atomic mass is 16.5. The van der Waals surface area contributed by atoms with Gasteiger partial charge in [-0.15, -0.1) is 0 Å². The Morgan fingerprint density at radius 3 is 2.74 bits per heavy atom. The number of furan rings is 1. The van der Waals surface area contributed by atoms with Crippen LogP contribution in [0.15, 0.2) is 16.5 Å². The lowest BCUT2D eigenvalue weighted by atomic mass is 10.1. The first-order valence-electron chi connectivity index (χ1n) is 6.84. The van der Waals surface area contributed by atoms with E-state index in [1.165, 1.54) is 0 Å². The predicted octanol–water partition coefficient (Wildman–Crippen LogP) is 0.761. The molecule has 108 valence electrons. The minimum atomic E-state index is -0.737. The van der Waals surface area contributed by atoms with Gasteiger partial charge in [-0.1, -0.05) is 0 Å². The van der Waals surface area contributed by atoms with Crippen LogP contribution in [0.4, 0.5) is 0 Å². The molecule has 0 amide bonds. The third-order valence-corrected chi connectivity index (χ3v) is 3.27. The van der Waals surface area contributed by atoms with Crippen LogP contribution in [0.25, 0.3) is 0 Å². The van der Waals surface area contributed by atoms with Crippen molar-refractivity contribution in [3.05, 3.63) is 23.7 Å². The third-order valence-electron chi connectivity index (χ3n) is 3.27. The topological polar surface area (TPSA) is 57.9 Å². The summed E-state index contributed by atoms with van der Waals surface area (Å²) in [5.41, 5.74) is -0.737. The standard InChI is InChI=1S/C14H24N2O3/c1-12-3-4-13(19-12)9-15-10-14(2,17)11-16-5-7-18-8-6-16/h3-4,15,17H,5-11H2,1-2H3. The molecule has 1 unspecified atom stereocenters. The second-order valence-electron chi connectivity index (χ2n) is 5.50. The van der Waals surface area contributed by atoms with Gasteiger partial charge in [0.05, 0.1) is 25.4 Å². The minimum Gasteiger partial charge on any atom is -0.465 e. The van der Waals surface area contributed by atoms with E-state index < -0.39 is 5.60 Å². The maximum atomic E-state index is 10.4. The Hall–Kier alpha value is -0.880. The van der Waals surface area contributed by atoms with E-state index in [1.807, 2.05) is 26.0 Å². The molecule has 0 radical (unpaired) electrons. The number of nitrogens with zero attached hydrogens (tertiary/aromatic N) is 1. The second kappa shape index (κ2) is 6.52. The number of ether oxygens (including phenoxy) is 1. The molecule has 1 aromatic heterocycles. The summed E-state index contributed by atoms with van der Waals surface area (Å²) in [7, 11) is 0. The zero-order valence-corrected chi connectivity index (χ0v) is 11.8. The average Bonchev–Trinajstić information content (AvgIpc) is 2.75. The molecule has 1 fully saturated rings. The summed E-state index contributed by atoms with van der Waals surface area (Å²) in [6.45, 7) is 8.96. The van der Waals surface area contributed by atoms with Crippen LogP contribution < -0.4 is 5.32 Å². The van der Waals surface area contributed by atoms with Crippen molar-refractivity contribution in [2.75, 3.05) is 39.4 Å². The summed E-state index contributed by atoms with van der Waals surface area (Å²) in [6.07, 6.45) is 0. The molecule has 0 saturated carbocycles. The lowest BCUT2D eigenvalue weighted by molar-refractivity contribution is -0.0220. The first kappa shape index (κ1) is 14.5. The van der Waals surface area contributed by atoms with Gasteiger partial charge in [0.25, 0.3) is 0 Å². The van der Waals surface area contributed by atoms with Crippen LogP contribution in [0, 0.1) is 6.92 Å². The Kier molecular flexibility index (Phi) is 4.99. The second-order valence-corrected chi connectivity index (χ2v) is 5.50. The molecule has 1 saturated heterocycles. The van der Waals surface area contributed by atoms with Gasteiger partial charge >= 0.3 is 0 Å². The zero-order valence-electron chi connectivity index (χ0n) is 11.8. The number of aryl methyl sites for hydroxylation is 1. The van der Waals surface area contributed by atoms with Crippen molar-refractivity contribution >= 4 is 0 Å². The van der Waals surface area contributed by atoms with Crippen molar-refractivity contribution in [1.82, 2.24) is 10.2 Å². The van der Waals surface area contributed by atoms with E-state index in [2.05, 4.69) is 10.2 Å². The lowest BCUT2D eigenvalue weighted by Crippen LogP contribution is -2.50. The Bertz CT molecular complexity index is 384. The van der Waals surface area contributed by atoms with Gasteiger partial charge in [-0.25, -0.2) is 0 Å². The molecule has 0 aromatic carbocycles. The highest BCUT2D eigenvalue weighted by Crippen LogP contribution is 2.09. The van der Waals surface area contributed by atoms with Gasteiger partial charge in [0, 0.05) is 26.2 Å². The fourth-order valence-corrected chi connectivity index (χ4v) is 2.33. The lowest BCUT2D eigenvalue weighted by Gasteiger charge is -2.33. The minimum absolute atomic E-state index is 0.546. The summed E-state index contributed by atoms with van der Waals surface area (Å²) >= 11 is 0. The molecule has 1 aromatic rings. The smallest absolute Gasteiger partial charge is 0.117 e. The normalized spacial score (nSPS) is 20.4. The summed E-state index contributed by atoms with van der Waals surface area (Å²) in [4.78, 5) is 2.24. The van der Waals surface area contributed by atoms with Gasteiger partial charge in [-0.3, -0.25) is 4.90 Å². The molecule has 5 heteroatoms. The highest BCUT2D eigenvalue weighted by Gasteiger charge is 2.24. The highest BCUT2D eigenvalue weighted by molar-refractivity contribution is 5.05. The summed E-state index contributed by atoms with van der Waals surface area (Å²) in [5.74, 6) is 1.82. The first-order chi connectivity index (χ1) is 9.05. The van der Waals surface area contributed by atoms with Crippen LogP contribution in [0.3, 0.4) is 0 Å². The Labute approximate surface area is 114 Å². The van der Waals surface area contributed by atoms with Crippen molar-refractivity contribution in [3.63, 3.8) is 0 Å². The number of morpholine rings is 1. The van der Waals surface area contributed by atoms with Crippen LogP contribution in [0.1, 0.15) is 18.4 Å². The van der Waals surface area contributed by atoms with Crippen molar-refractivity contribution < 1.29 is 14.3 Å². The molecule has 19 heavy (non-hydrogen) atoms. The summed E-state index contributed by atoms with van der Waals surface area (Å²) < 4.78 is 10.8. The molecule has 1 aliphatic heterocycles. The molecule has 2 heterocycles.